The fourth-order valence-electron chi connectivity index (χ4n) is 0. The minimum atomic E-state index is 0. The molecule has 0 rings (SSSR count). The Bertz CT molecular complexity index is 3.90. The van der Waals surface area contributed by atoms with Crippen molar-refractivity contribution in [3.05, 3.63) is 0 Å². The maximum atomic E-state index is 0. The summed E-state index contributed by atoms with van der Waals surface area (Å²) in [6, 6.07) is 0. The monoisotopic (exact) mass is 133 g/mol. The molecule has 0 radical (unpaired) electrons. The van der Waals surface area contributed by atoms with Gasteiger partial charge in [0.05, 0.1) is 0 Å². The first-order valence-corrected chi connectivity index (χ1v) is 0. The van der Waals surface area contributed by atoms with Crippen LogP contribution in [0.15, 0.2) is 0 Å². The van der Waals surface area contributed by atoms with Gasteiger partial charge in [-0.25, -0.2) is 0 Å². The van der Waals surface area contributed by atoms with Gasteiger partial charge in [-0.05, 0) is 0 Å². The van der Waals surface area contributed by atoms with Gasteiger partial charge in [0.25, 0.3) is 0 Å². The van der Waals surface area contributed by atoms with Gasteiger partial charge >= 0.3 is 0 Å². The van der Waals surface area contributed by atoms with Crippen molar-refractivity contribution in [3.63, 3.8) is 0 Å². The van der Waals surface area contributed by atoms with Gasteiger partial charge in [0.1, 0.15) is 0 Å². The topological polar surface area (TPSA) is 175 Å². The van der Waals surface area contributed by atoms with E-state index < -0.39 is 0 Å². The van der Waals surface area contributed by atoms with Crippen molar-refractivity contribution in [3.8, 4) is 0 Å². The minimum Gasteiger partial charge on any atom is -0.344 e. The zero-order chi connectivity index (χ0) is 0. The fourth-order valence-corrected chi connectivity index (χ4v) is 0. The Morgan fingerprint density at radius 1 is 0.333 bits per heavy atom. The van der Waals surface area contributed by atoms with Crippen LogP contribution in [0.3, 0.4) is 0 Å². The number of hydrogen-bond donors (Lipinski definition) is 5. The molecule has 44 valence electrons. The largest absolute Gasteiger partial charge is 0.344 e. The van der Waals surface area contributed by atoms with Crippen molar-refractivity contribution in [1.82, 2.24) is 30.8 Å². The van der Waals surface area contributed by atoms with Crippen molar-refractivity contribution >= 4 is 0 Å². The van der Waals surface area contributed by atoms with Gasteiger partial charge in [0, 0.05) is 21.7 Å². The van der Waals surface area contributed by atoms with Crippen LogP contribution in [0.5, 0.6) is 0 Å². The summed E-state index contributed by atoms with van der Waals surface area (Å²) in [7, 11) is 0. The summed E-state index contributed by atoms with van der Waals surface area (Å²) in [5.74, 6) is 0. The summed E-state index contributed by atoms with van der Waals surface area (Å²) in [6.45, 7) is 0. The van der Waals surface area contributed by atoms with E-state index in [-0.39, 0.29) is 52.5 Å². The Hall–Kier alpha value is 0.514. The van der Waals surface area contributed by atoms with Crippen molar-refractivity contribution in [2.24, 2.45) is 0 Å². The van der Waals surface area contributed by atoms with Crippen LogP contribution in [0.4, 0.5) is 0 Å². The third-order valence-corrected chi connectivity index (χ3v) is 0. The van der Waals surface area contributed by atoms with Gasteiger partial charge in [0.2, 0.25) is 0 Å². The molecule has 0 aliphatic carbocycles. The van der Waals surface area contributed by atoms with Crippen LogP contribution < -0.4 is 30.8 Å². The van der Waals surface area contributed by atoms with Crippen LogP contribution in [0.25, 0.3) is 0 Å². The van der Waals surface area contributed by atoms with Gasteiger partial charge in [-0.1, -0.05) is 0 Å². The van der Waals surface area contributed by atoms with E-state index >= 15 is 0 Å². The second kappa shape index (κ2) is 425. The third kappa shape index (κ3) is 211. The normalized spacial score (nSPS) is 0. The van der Waals surface area contributed by atoms with Gasteiger partial charge in [-0.15, -0.1) is 0 Å². The molecule has 0 heterocycles. The fraction of sp³-hybridized carbons (Fsp3) is 0. The maximum Gasteiger partial charge on any atom is 0 e. The molecule has 0 aliphatic heterocycles. The Balaban J connectivity index is 0. The summed E-state index contributed by atoms with van der Waals surface area (Å²) < 4.78 is 0. The number of hydrogen-bond acceptors (Lipinski definition) is 5. The molecule has 0 aromatic heterocycles. The first-order valence-electron chi connectivity index (χ1n) is 0. The van der Waals surface area contributed by atoms with E-state index in [0.29, 0.717) is 0 Å². The van der Waals surface area contributed by atoms with E-state index in [4.69, 9.17) is 0 Å². The second-order valence-electron chi connectivity index (χ2n) is 0. The summed E-state index contributed by atoms with van der Waals surface area (Å²) >= 11 is 0. The summed E-state index contributed by atoms with van der Waals surface area (Å²) in [5, 5.41) is 0. The molecule has 0 atom stereocenters. The first kappa shape index (κ1) is 749. The molecular weight excluding hydrogens is 118 g/mol. The van der Waals surface area contributed by atoms with Gasteiger partial charge in [-0.2, -0.15) is 0 Å². The van der Waals surface area contributed by atoms with Crippen LogP contribution >= 0.6 is 0 Å². The molecule has 0 fully saturated rings. The van der Waals surface area contributed by atoms with E-state index in [9.17, 15) is 0 Å². The summed E-state index contributed by atoms with van der Waals surface area (Å²) in [6.07, 6.45) is 0. The minimum absolute atomic E-state index is 0. The molecule has 0 saturated carbocycles. The Labute approximate surface area is 53.1 Å². The van der Waals surface area contributed by atoms with Crippen molar-refractivity contribution in [2.45, 2.75) is 0 Å². The van der Waals surface area contributed by atoms with Crippen LogP contribution in [0.2, 0.25) is 0 Å². The van der Waals surface area contributed by atoms with E-state index in [2.05, 4.69) is 0 Å². The van der Waals surface area contributed by atoms with Crippen LogP contribution in [0.1, 0.15) is 0 Å². The smallest absolute Gasteiger partial charge is 0 e. The van der Waals surface area contributed by atoms with Crippen LogP contribution in [-0.4, -0.2) is 0 Å². The van der Waals surface area contributed by atoms with Gasteiger partial charge < -0.3 is 30.8 Å². The Morgan fingerprint density at radius 2 is 0.333 bits per heavy atom. The van der Waals surface area contributed by atoms with E-state index in [1.54, 1.807) is 0 Å². The predicted molar refractivity (Wildman–Crippen MR) is 25.1 cm³/mol. The molecule has 0 spiro atoms. The Morgan fingerprint density at radius 3 is 0.333 bits per heavy atom. The Kier molecular flexibility index (Phi) is 53000. The standard InChI is InChI=1S/5H3N.Ti/h5*1H3;. The van der Waals surface area contributed by atoms with Gasteiger partial charge in [0.15, 0.2) is 0 Å². The van der Waals surface area contributed by atoms with Crippen LogP contribution in [0, 0.1) is 0 Å². The molecule has 0 aromatic carbocycles. The zero-order valence-corrected chi connectivity index (χ0v) is 5.60. The molecule has 0 aliphatic rings. The van der Waals surface area contributed by atoms with Crippen molar-refractivity contribution in [2.75, 3.05) is 0 Å². The predicted octanol–water partition coefficient (Wildman–Crippen LogP) is 0.807. The second-order valence-corrected chi connectivity index (χ2v) is 0. The molecule has 5 nitrogen and oxygen atoms in total. The molecule has 6 heteroatoms. The third-order valence-electron chi connectivity index (χ3n) is 0. The number of rotatable bonds is 0. The molecule has 0 bridgehead atoms. The zero-order valence-electron chi connectivity index (χ0n) is 4.04. The molecule has 6 heavy (non-hydrogen) atoms. The maximum absolute atomic E-state index is 0. The molecule has 0 amide bonds. The SMILES string of the molecule is N.N.N.N.N.[Ti]. The van der Waals surface area contributed by atoms with Crippen LogP contribution in [-0.2, 0) is 21.7 Å². The molecule has 0 saturated heterocycles. The average molecular weight is 133 g/mol. The summed E-state index contributed by atoms with van der Waals surface area (Å²) in [4.78, 5) is 0. The molecule has 15 N–H and O–H groups in total. The molecule has 0 aromatic rings. The summed E-state index contributed by atoms with van der Waals surface area (Å²) in [5.41, 5.74) is 0. The average Bonchev–Trinajstić information content (AvgIpc) is 0. The van der Waals surface area contributed by atoms with E-state index in [1.807, 2.05) is 0 Å². The van der Waals surface area contributed by atoms with Crippen molar-refractivity contribution in [1.29, 1.82) is 0 Å². The molecule has 0 unspecified atom stereocenters. The van der Waals surface area contributed by atoms with Crippen molar-refractivity contribution < 1.29 is 21.7 Å². The van der Waals surface area contributed by atoms with E-state index in [1.165, 1.54) is 0 Å². The molecular formula is H15N5Ti. The van der Waals surface area contributed by atoms with E-state index in [0.717, 1.165) is 0 Å². The first-order chi connectivity index (χ1) is 0. The quantitative estimate of drug-likeness (QED) is 0.306. The van der Waals surface area contributed by atoms with Gasteiger partial charge in [-0.3, -0.25) is 0 Å².